The maximum absolute atomic E-state index is 13.6. The number of hydrogen-bond acceptors (Lipinski definition) is 4. The largest absolute Gasteiger partial charge is 0.478 e. The summed E-state index contributed by atoms with van der Waals surface area (Å²) in [5.41, 5.74) is 5.98. The number of nitrogens with one attached hydrogen (secondary N) is 1. The lowest BCUT2D eigenvalue weighted by Crippen LogP contribution is -2.30. The summed E-state index contributed by atoms with van der Waals surface area (Å²) in [6.07, 6.45) is 2.97. The van der Waals surface area contributed by atoms with Crippen molar-refractivity contribution in [3.05, 3.63) is 23.5 Å². The topological polar surface area (TPSA) is 84.6 Å². The van der Waals surface area contributed by atoms with Crippen molar-refractivity contribution in [3.63, 3.8) is 0 Å². The van der Waals surface area contributed by atoms with Crippen LogP contribution in [-0.2, 0) is 4.74 Å². The number of ether oxygens (including phenoxy) is 1. The summed E-state index contributed by atoms with van der Waals surface area (Å²) in [4.78, 5) is 10.8. The number of methoxy groups -OCH3 is 1. The van der Waals surface area contributed by atoms with Gasteiger partial charge >= 0.3 is 5.97 Å². The Kier molecular flexibility index (Phi) is 3.90. The summed E-state index contributed by atoms with van der Waals surface area (Å²) in [5.74, 6) is -2.12. The maximum Gasteiger partial charge on any atom is 0.338 e. The molecule has 1 aliphatic rings. The van der Waals surface area contributed by atoms with Gasteiger partial charge in [0.2, 0.25) is 0 Å². The number of halogens is 1. The minimum absolute atomic E-state index is 0.0709. The number of anilines is 2. The Morgan fingerprint density at radius 3 is 2.89 bits per heavy atom. The molecule has 0 spiro atoms. The van der Waals surface area contributed by atoms with Crippen molar-refractivity contribution >= 4 is 17.3 Å². The third-order valence-electron chi connectivity index (χ3n) is 3.47. The van der Waals surface area contributed by atoms with Gasteiger partial charge in [-0.2, -0.15) is 0 Å². The number of aromatic carboxylic acids is 1. The zero-order valence-corrected chi connectivity index (χ0v) is 10.6. The molecule has 0 aromatic heterocycles. The zero-order valence-electron chi connectivity index (χ0n) is 10.6. The van der Waals surface area contributed by atoms with Gasteiger partial charge in [0.25, 0.3) is 0 Å². The van der Waals surface area contributed by atoms with Crippen molar-refractivity contribution in [2.24, 2.45) is 0 Å². The first-order valence-electron chi connectivity index (χ1n) is 6.14. The average Bonchev–Trinajstić information content (AvgIpc) is 2.80. The van der Waals surface area contributed by atoms with Gasteiger partial charge in [-0.05, 0) is 31.4 Å². The number of nitrogens with two attached hydrogens (primary N) is 1. The van der Waals surface area contributed by atoms with Crippen molar-refractivity contribution in [2.45, 2.75) is 31.4 Å². The minimum atomic E-state index is -1.33. The highest BCUT2D eigenvalue weighted by Gasteiger charge is 2.27. The first-order chi connectivity index (χ1) is 9.02. The monoisotopic (exact) mass is 268 g/mol. The van der Waals surface area contributed by atoms with Gasteiger partial charge in [-0.3, -0.25) is 0 Å². The molecule has 1 fully saturated rings. The van der Waals surface area contributed by atoms with Crippen LogP contribution in [0.15, 0.2) is 12.1 Å². The van der Waals surface area contributed by atoms with E-state index in [4.69, 9.17) is 15.6 Å². The SMILES string of the molecule is COC1CCCC1Nc1cc(F)c(C(=O)O)cc1N. The van der Waals surface area contributed by atoms with Crippen LogP contribution < -0.4 is 11.1 Å². The van der Waals surface area contributed by atoms with Crippen LogP contribution >= 0.6 is 0 Å². The molecule has 1 aromatic carbocycles. The number of carboxylic acids is 1. The summed E-state index contributed by atoms with van der Waals surface area (Å²) in [5, 5.41) is 11.9. The van der Waals surface area contributed by atoms with Crippen molar-refractivity contribution in [2.75, 3.05) is 18.2 Å². The molecule has 2 unspecified atom stereocenters. The van der Waals surface area contributed by atoms with E-state index in [9.17, 15) is 9.18 Å². The fourth-order valence-electron chi connectivity index (χ4n) is 2.45. The molecule has 1 aromatic rings. The van der Waals surface area contributed by atoms with Crippen LogP contribution in [0.2, 0.25) is 0 Å². The Balaban J connectivity index is 2.21. The third-order valence-corrected chi connectivity index (χ3v) is 3.47. The summed E-state index contributed by atoms with van der Waals surface area (Å²) >= 11 is 0. The number of rotatable bonds is 4. The maximum atomic E-state index is 13.6. The smallest absolute Gasteiger partial charge is 0.338 e. The van der Waals surface area contributed by atoms with Crippen LogP contribution in [0.4, 0.5) is 15.8 Å². The molecular weight excluding hydrogens is 251 g/mol. The van der Waals surface area contributed by atoms with Crippen LogP contribution in [0.5, 0.6) is 0 Å². The molecule has 1 aliphatic carbocycles. The van der Waals surface area contributed by atoms with E-state index in [-0.39, 0.29) is 17.8 Å². The summed E-state index contributed by atoms with van der Waals surface area (Å²) in [7, 11) is 1.64. The van der Waals surface area contributed by atoms with Gasteiger partial charge in [-0.1, -0.05) is 0 Å². The van der Waals surface area contributed by atoms with Crippen LogP contribution in [0.3, 0.4) is 0 Å². The van der Waals surface area contributed by atoms with Gasteiger partial charge in [0.05, 0.1) is 29.1 Å². The standard InChI is InChI=1S/C13H17FN2O3/c1-19-12-4-2-3-10(12)16-11-6-8(14)7(13(17)18)5-9(11)15/h5-6,10,12,16H,2-4,15H2,1H3,(H,17,18). The molecule has 5 nitrogen and oxygen atoms in total. The summed E-state index contributed by atoms with van der Waals surface area (Å²) in [6.45, 7) is 0. The predicted molar refractivity (Wildman–Crippen MR) is 69.8 cm³/mol. The van der Waals surface area contributed by atoms with E-state index in [1.54, 1.807) is 7.11 Å². The minimum Gasteiger partial charge on any atom is -0.478 e. The Morgan fingerprint density at radius 2 is 2.26 bits per heavy atom. The number of hydrogen-bond donors (Lipinski definition) is 3. The van der Waals surface area contributed by atoms with Crippen molar-refractivity contribution in [1.29, 1.82) is 0 Å². The lowest BCUT2D eigenvalue weighted by atomic mass is 10.1. The Labute approximate surface area is 110 Å². The number of nitrogen functional groups attached to an aromatic ring is 1. The normalized spacial score (nSPS) is 22.4. The lowest BCUT2D eigenvalue weighted by molar-refractivity contribution is 0.0692. The second-order valence-corrected chi connectivity index (χ2v) is 4.68. The molecule has 104 valence electrons. The van der Waals surface area contributed by atoms with Gasteiger partial charge in [0.15, 0.2) is 0 Å². The van der Waals surface area contributed by atoms with Gasteiger partial charge < -0.3 is 20.9 Å². The highest BCUT2D eigenvalue weighted by molar-refractivity contribution is 5.90. The van der Waals surface area contributed by atoms with Gasteiger partial charge in [0.1, 0.15) is 5.82 Å². The zero-order chi connectivity index (χ0) is 14.0. The van der Waals surface area contributed by atoms with Gasteiger partial charge in [0, 0.05) is 7.11 Å². The van der Waals surface area contributed by atoms with E-state index < -0.39 is 17.3 Å². The van der Waals surface area contributed by atoms with E-state index in [1.807, 2.05) is 0 Å². The summed E-state index contributed by atoms with van der Waals surface area (Å²) in [6, 6.07) is 2.34. The third kappa shape index (κ3) is 2.78. The molecule has 4 N–H and O–H groups in total. The van der Waals surface area contributed by atoms with Crippen molar-refractivity contribution in [1.82, 2.24) is 0 Å². The summed E-state index contributed by atoms with van der Waals surface area (Å²) < 4.78 is 19.0. The van der Waals surface area contributed by atoms with E-state index in [0.29, 0.717) is 5.69 Å². The molecule has 0 radical (unpaired) electrons. The molecule has 0 bridgehead atoms. The molecule has 0 saturated heterocycles. The highest BCUT2D eigenvalue weighted by Crippen LogP contribution is 2.29. The molecule has 2 atom stereocenters. The fraction of sp³-hybridized carbons (Fsp3) is 0.462. The first-order valence-corrected chi connectivity index (χ1v) is 6.14. The molecule has 0 heterocycles. The van der Waals surface area contributed by atoms with E-state index in [1.165, 1.54) is 0 Å². The number of benzene rings is 1. The highest BCUT2D eigenvalue weighted by atomic mass is 19.1. The second kappa shape index (κ2) is 5.44. The first kappa shape index (κ1) is 13.6. The molecule has 6 heteroatoms. The predicted octanol–water partition coefficient (Wildman–Crippen LogP) is 2.09. The molecule has 0 amide bonds. The Morgan fingerprint density at radius 1 is 1.53 bits per heavy atom. The van der Waals surface area contributed by atoms with Crippen LogP contribution in [0.1, 0.15) is 29.6 Å². The molecular formula is C13H17FN2O3. The lowest BCUT2D eigenvalue weighted by Gasteiger charge is -2.22. The molecule has 19 heavy (non-hydrogen) atoms. The number of carbonyl (C=O) groups is 1. The molecule has 2 rings (SSSR count). The fourth-order valence-corrected chi connectivity index (χ4v) is 2.45. The quantitative estimate of drug-likeness (QED) is 0.728. The average molecular weight is 268 g/mol. The van der Waals surface area contributed by atoms with Gasteiger partial charge in [-0.25, -0.2) is 9.18 Å². The molecule has 1 saturated carbocycles. The number of carboxylic acid groups (broad SMARTS) is 1. The van der Waals surface area contributed by atoms with Crippen molar-refractivity contribution in [3.8, 4) is 0 Å². The van der Waals surface area contributed by atoms with Crippen LogP contribution in [-0.4, -0.2) is 30.3 Å². The Hall–Kier alpha value is -1.82. The van der Waals surface area contributed by atoms with E-state index >= 15 is 0 Å². The van der Waals surface area contributed by atoms with Gasteiger partial charge in [-0.15, -0.1) is 0 Å². The van der Waals surface area contributed by atoms with E-state index in [2.05, 4.69) is 5.32 Å². The second-order valence-electron chi connectivity index (χ2n) is 4.68. The molecule has 0 aliphatic heterocycles. The van der Waals surface area contributed by atoms with Crippen LogP contribution in [0, 0.1) is 5.82 Å². The Bertz CT molecular complexity index is 493. The van der Waals surface area contributed by atoms with Crippen molar-refractivity contribution < 1.29 is 19.0 Å². The van der Waals surface area contributed by atoms with E-state index in [0.717, 1.165) is 31.4 Å². The van der Waals surface area contributed by atoms with Crippen LogP contribution in [0.25, 0.3) is 0 Å².